The molecular formula is C23H20ClNO5. The summed E-state index contributed by atoms with van der Waals surface area (Å²) in [6.45, 7) is 4.37. The lowest BCUT2D eigenvalue weighted by Gasteiger charge is -2.06. The Morgan fingerprint density at radius 2 is 2.00 bits per heavy atom. The first kappa shape index (κ1) is 20.0. The SMILES string of the molecule is CCn1cc(/C=C2\Oc3cc(OC(=O)C(C)Cl)ccc3C2=O)c2cc(OC)ccc21. The van der Waals surface area contributed by atoms with Crippen LogP contribution in [-0.4, -0.2) is 28.8 Å². The third-order valence-electron chi connectivity index (χ3n) is 4.93. The summed E-state index contributed by atoms with van der Waals surface area (Å²) in [5.74, 6) is 0.755. The second-order valence-corrected chi connectivity index (χ2v) is 7.54. The molecule has 7 heteroatoms. The van der Waals surface area contributed by atoms with Crippen molar-refractivity contribution in [1.82, 2.24) is 4.57 Å². The topological polar surface area (TPSA) is 66.8 Å². The third kappa shape index (κ3) is 3.55. The highest BCUT2D eigenvalue weighted by Gasteiger charge is 2.28. The largest absolute Gasteiger partial charge is 0.497 e. The Bertz CT molecular complexity index is 1190. The zero-order valence-electron chi connectivity index (χ0n) is 16.8. The number of ketones is 1. The summed E-state index contributed by atoms with van der Waals surface area (Å²) in [5.41, 5.74) is 2.30. The van der Waals surface area contributed by atoms with E-state index in [0.717, 1.165) is 28.8 Å². The van der Waals surface area contributed by atoms with Crippen molar-refractivity contribution in [2.24, 2.45) is 0 Å². The number of nitrogens with zero attached hydrogens (tertiary/aromatic N) is 1. The van der Waals surface area contributed by atoms with Crippen LogP contribution in [0.2, 0.25) is 0 Å². The molecule has 0 N–H and O–H groups in total. The molecule has 1 aliphatic rings. The number of rotatable bonds is 5. The summed E-state index contributed by atoms with van der Waals surface area (Å²) in [4.78, 5) is 24.5. The van der Waals surface area contributed by atoms with Crippen LogP contribution in [0.3, 0.4) is 0 Å². The van der Waals surface area contributed by atoms with E-state index >= 15 is 0 Å². The van der Waals surface area contributed by atoms with Crippen LogP contribution in [0.25, 0.3) is 17.0 Å². The minimum atomic E-state index is -0.774. The lowest BCUT2D eigenvalue weighted by atomic mass is 10.1. The van der Waals surface area contributed by atoms with Gasteiger partial charge < -0.3 is 18.8 Å². The van der Waals surface area contributed by atoms with Gasteiger partial charge in [-0.2, -0.15) is 0 Å². The van der Waals surface area contributed by atoms with Crippen LogP contribution in [0.5, 0.6) is 17.2 Å². The van der Waals surface area contributed by atoms with Gasteiger partial charge in [0.2, 0.25) is 5.78 Å². The van der Waals surface area contributed by atoms with Crippen LogP contribution in [-0.2, 0) is 11.3 Å². The number of aromatic nitrogens is 1. The highest BCUT2D eigenvalue weighted by molar-refractivity contribution is 6.29. The first-order chi connectivity index (χ1) is 14.4. The van der Waals surface area contributed by atoms with Crippen molar-refractivity contribution in [1.29, 1.82) is 0 Å². The predicted octanol–water partition coefficient (Wildman–Crippen LogP) is 4.82. The van der Waals surface area contributed by atoms with Crippen molar-refractivity contribution >= 4 is 40.3 Å². The molecule has 6 nitrogen and oxygen atoms in total. The van der Waals surface area contributed by atoms with Gasteiger partial charge in [-0.15, -0.1) is 11.6 Å². The molecule has 0 saturated carbocycles. The lowest BCUT2D eigenvalue weighted by molar-refractivity contribution is -0.133. The van der Waals surface area contributed by atoms with Gasteiger partial charge in [0.1, 0.15) is 22.6 Å². The van der Waals surface area contributed by atoms with Crippen LogP contribution in [0.4, 0.5) is 0 Å². The molecule has 0 bridgehead atoms. The van der Waals surface area contributed by atoms with Crippen molar-refractivity contribution in [2.75, 3.05) is 7.11 Å². The van der Waals surface area contributed by atoms with Gasteiger partial charge in [0.15, 0.2) is 5.76 Å². The third-order valence-corrected chi connectivity index (χ3v) is 5.11. The molecule has 1 aromatic heterocycles. The molecule has 4 rings (SSSR count). The van der Waals surface area contributed by atoms with Crippen molar-refractivity contribution in [2.45, 2.75) is 25.8 Å². The van der Waals surface area contributed by atoms with Gasteiger partial charge in [-0.3, -0.25) is 9.59 Å². The Morgan fingerprint density at radius 1 is 1.23 bits per heavy atom. The molecule has 0 radical (unpaired) electrons. The monoisotopic (exact) mass is 425 g/mol. The van der Waals surface area contributed by atoms with Crippen LogP contribution in [0, 0.1) is 0 Å². The molecule has 0 fully saturated rings. The van der Waals surface area contributed by atoms with E-state index in [1.165, 1.54) is 13.0 Å². The number of alkyl halides is 1. The minimum Gasteiger partial charge on any atom is -0.497 e. The fourth-order valence-corrected chi connectivity index (χ4v) is 3.42. The van der Waals surface area contributed by atoms with E-state index in [-0.39, 0.29) is 17.3 Å². The summed E-state index contributed by atoms with van der Waals surface area (Å²) in [7, 11) is 1.62. The zero-order valence-corrected chi connectivity index (χ0v) is 17.5. The molecule has 0 saturated heterocycles. The van der Waals surface area contributed by atoms with Crippen LogP contribution < -0.4 is 14.2 Å². The standard InChI is InChI=1S/C23H20ClNO5/c1-4-25-12-14(18-10-15(28-3)6-8-19(18)25)9-21-22(26)17-7-5-16(11-20(17)30-21)29-23(27)13(2)24/h5-13H,4H2,1-3H3/b21-9-. The van der Waals surface area contributed by atoms with E-state index in [1.54, 1.807) is 25.3 Å². The first-order valence-electron chi connectivity index (χ1n) is 9.52. The summed E-state index contributed by atoms with van der Waals surface area (Å²) in [5, 5.41) is 0.186. The van der Waals surface area contributed by atoms with Gasteiger partial charge in [0.25, 0.3) is 0 Å². The van der Waals surface area contributed by atoms with Crippen molar-refractivity contribution in [3.8, 4) is 17.2 Å². The van der Waals surface area contributed by atoms with Gasteiger partial charge >= 0.3 is 5.97 Å². The summed E-state index contributed by atoms with van der Waals surface area (Å²) in [6.07, 6.45) is 3.70. The number of halogens is 1. The highest BCUT2D eigenvalue weighted by atomic mass is 35.5. The quantitative estimate of drug-likeness (QED) is 0.254. The molecule has 3 aromatic rings. The number of aryl methyl sites for hydroxylation is 1. The molecule has 1 atom stereocenters. The summed E-state index contributed by atoms with van der Waals surface area (Å²) in [6, 6.07) is 10.5. The number of ether oxygens (including phenoxy) is 3. The molecule has 0 amide bonds. The smallest absolute Gasteiger partial charge is 0.329 e. The second-order valence-electron chi connectivity index (χ2n) is 6.89. The predicted molar refractivity (Wildman–Crippen MR) is 114 cm³/mol. The number of allylic oxidation sites excluding steroid dienone is 1. The average molecular weight is 426 g/mol. The maximum absolute atomic E-state index is 12.8. The molecule has 2 heterocycles. The van der Waals surface area contributed by atoms with Crippen molar-refractivity contribution in [3.05, 3.63) is 59.5 Å². The number of carbonyl (C=O) groups is 2. The average Bonchev–Trinajstić information content (AvgIpc) is 3.24. The number of hydrogen-bond donors (Lipinski definition) is 0. The molecule has 154 valence electrons. The molecule has 0 spiro atoms. The number of methoxy groups -OCH3 is 1. The second kappa shape index (κ2) is 7.88. The van der Waals surface area contributed by atoms with Gasteiger partial charge in [-0.05, 0) is 50.3 Å². The molecular weight excluding hydrogens is 406 g/mol. The zero-order chi connectivity index (χ0) is 21.4. The first-order valence-corrected chi connectivity index (χ1v) is 9.96. The van der Waals surface area contributed by atoms with Crippen LogP contribution >= 0.6 is 11.6 Å². The Balaban J connectivity index is 1.69. The Labute approximate surface area is 178 Å². The van der Waals surface area contributed by atoms with Crippen LogP contribution in [0.1, 0.15) is 29.8 Å². The Morgan fingerprint density at radius 3 is 2.70 bits per heavy atom. The van der Waals surface area contributed by atoms with Crippen molar-refractivity contribution < 1.29 is 23.8 Å². The van der Waals surface area contributed by atoms with Crippen LogP contribution in [0.15, 0.2) is 48.4 Å². The molecule has 2 aromatic carbocycles. The number of Topliss-reactive ketones (excluding diaryl/α,β-unsaturated/α-hetero) is 1. The minimum absolute atomic E-state index is 0.206. The van der Waals surface area contributed by atoms with E-state index in [2.05, 4.69) is 11.5 Å². The van der Waals surface area contributed by atoms with E-state index in [0.29, 0.717) is 11.3 Å². The Hall–Kier alpha value is -3.25. The fraction of sp³-hybridized carbons (Fsp3) is 0.217. The van der Waals surface area contributed by atoms with Gasteiger partial charge in [0.05, 0.1) is 12.7 Å². The van der Waals surface area contributed by atoms with E-state index in [1.807, 2.05) is 24.4 Å². The van der Waals surface area contributed by atoms with Gasteiger partial charge in [0, 0.05) is 35.3 Å². The highest BCUT2D eigenvalue weighted by Crippen LogP contribution is 2.36. The molecule has 1 aliphatic heterocycles. The molecule has 0 aliphatic carbocycles. The number of fused-ring (bicyclic) bond motifs is 2. The van der Waals surface area contributed by atoms with Gasteiger partial charge in [-0.1, -0.05) is 0 Å². The fourth-order valence-electron chi connectivity index (χ4n) is 3.38. The molecule has 1 unspecified atom stereocenters. The number of esters is 1. The summed E-state index contributed by atoms with van der Waals surface area (Å²) >= 11 is 5.74. The van der Waals surface area contributed by atoms with E-state index in [4.69, 9.17) is 25.8 Å². The lowest BCUT2D eigenvalue weighted by Crippen LogP contribution is -2.17. The number of carbonyl (C=O) groups excluding carboxylic acids is 2. The number of hydrogen-bond acceptors (Lipinski definition) is 5. The maximum atomic E-state index is 12.8. The number of benzene rings is 2. The van der Waals surface area contributed by atoms with E-state index in [9.17, 15) is 9.59 Å². The van der Waals surface area contributed by atoms with Gasteiger partial charge in [-0.25, -0.2) is 0 Å². The summed E-state index contributed by atoms with van der Waals surface area (Å²) < 4.78 is 18.4. The molecule has 30 heavy (non-hydrogen) atoms. The normalized spacial score (nSPS) is 15.2. The maximum Gasteiger partial charge on any atom is 0.329 e. The Kier molecular flexibility index (Phi) is 5.26. The van der Waals surface area contributed by atoms with E-state index < -0.39 is 11.3 Å². The van der Waals surface area contributed by atoms with Crippen molar-refractivity contribution in [3.63, 3.8) is 0 Å².